The van der Waals surface area contributed by atoms with Gasteiger partial charge in [0.2, 0.25) is 0 Å². The minimum absolute atomic E-state index is 0.274. The highest BCUT2D eigenvalue weighted by Gasteiger charge is 2.49. The van der Waals surface area contributed by atoms with Gasteiger partial charge in [-0.2, -0.15) is 13.2 Å². The predicted molar refractivity (Wildman–Crippen MR) is 131 cm³/mol. The van der Waals surface area contributed by atoms with Crippen LogP contribution >= 0.6 is 0 Å². The molecule has 0 aliphatic carbocycles. The number of benzene rings is 1. The molecule has 1 saturated heterocycles. The summed E-state index contributed by atoms with van der Waals surface area (Å²) in [5.74, 6) is -2.72. The monoisotopic (exact) mass is 551 g/mol. The fourth-order valence-electron chi connectivity index (χ4n) is 4.28. The van der Waals surface area contributed by atoms with Gasteiger partial charge >= 0.3 is 12.3 Å². The summed E-state index contributed by atoms with van der Waals surface area (Å²) < 4.78 is 76.6. The Morgan fingerprint density at radius 1 is 1.14 bits per heavy atom. The lowest BCUT2D eigenvalue weighted by Crippen LogP contribution is -2.46. The van der Waals surface area contributed by atoms with E-state index in [4.69, 9.17) is 9.47 Å². The largest absolute Gasteiger partial charge is 0.497 e. The van der Waals surface area contributed by atoms with Crippen molar-refractivity contribution < 1.29 is 45.8 Å². The summed E-state index contributed by atoms with van der Waals surface area (Å²) in [5, 5.41) is 8.71. The molecule has 0 unspecified atom stereocenters. The number of sulfone groups is 1. The van der Waals surface area contributed by atoms with Gasteiger partial charge in [-0.25, -0.2) is 13.2 Å². The van der Waals surface area contributed by atoms with Crippen LogP contribution in [-0.4, -0.2) is 73.1 Å². The number of ketones is 1. The molecule has 0 bridgehead atoms. The summed E-state index contributed by atoms with van der Waals surface area (Å²) in [4.78, 5) is 27.1. The van der Waals surface area contributed by atoms with Gasteiger partial charge in [-0.1, -0.05) is 26.0 Å². The van der Waals surface area contributed by atoms with Crippen molar-refractivity contribution in [3.8, 4) is 5.75 Å². The van der Waals surface area contributed by atoms with Gasteiger partial charge in [0, 0.05) is 18.9 Å². The number of methoxy groups -OCH3 is 1. The maximum Gasteiger partial charge on any atom is 0.414 e. The van der Waals surface area contributed by atoms with Crippen LogP contribution in [0, 0.1) is 11.8 Å². The van der Waals surface area contributed by atoms with E-state index in [0.29, 0.717) is 11.3 Å². The third-order valence-electron chi connectivity index (χ3n) is 6.33. The van der Waals surface area contributed by atoms with Gasteiger partial charge in [-0.15, -0.1) is 0 Å². The Bertz CT molecular complexity index is 1050. The van der Waals surface area contributed by atoms with Gasteiger partial charge < -0.3 is 14.6 Å². The van der Waals surface area contributed by atoms with Crippen molar-refractivity contribution in [1.29, 1.82) is 0 Å². The summed E-state index contributed by atoms with van der Waals surface area (Å²) in [6.45, 7) is 7.38. The predicted octanol–water partition coefficient (Wildman–Crippen LogP) is 4.14. The van der Waals surface area contributed by atoms with E-state index in [-0.39, 0.29) is 18.7 Å². The van der Waals surface area contributed by atoms with E-state index in [9.17, 15) is 36.3 Å². The first-order valence-electron chi connectivity index (χ1n) is 12.0. The number of aliphatic hydroxyl groups excluding tert-OH is 1. The van der Waals surface area contributed by atoms with Gasteiger partial charge in [0.05, 0.1) is 24.2 Å². The Morgan fingerprint density at radius 3 is 2.16 bits per heavy atom. The van der Waals surface area contributed by atoms with Crippen molar-refractivity contribution in [1.82, 2.24) is 4.90 Å². The Labute approximate surface area is 216 Å². The number of hydrogen-bond acceptors (Lipinski definition) is 7. The van der Waals surface area contributed by atoms with Crippen molar-refractivity contribution in [3.63, 3.8) is 0 Å². The van der Waals surface area contributed by atoms with Crippen molar-refractivity contribution >= 4 is 21.7 Å². The SMILES string of the molecule is COc1ccc(CS(=O)(=O)[C@@H]2C[C@@H](C(=O)C[C@@H](C(C)C)[C@H](O)C(F)(F)F)N(C(=O)OC(C)(C)C)C2)cc1. The molecule has 0 spiro atoms. The van der Waals surface area contributed by atoms with Crippen LogP contribution in [-0.2, 0) is 25.1 Å². The number of hydrogen-bond donors (Lipinski definition) is 1. The molecule has 12 heteroatoms. The fourth-order valence-corrected chi connectivity index (χ4v) is 6.04. The van der Waals surface area contributed by atoms with E-state index in [2.05, 4.69) is 0 Å². The van der Waals surface area contributed by atoms with Crippen LogP contribution in [0.2, 0.25) is 0 Å². The fraction of sp³-hybridized carbons (Fsp3) is 0.680. The average Bonchev–Trinajstić information content (AvgIpc) is 3.22. The first-order valence-corrected chi connectivity index (χ1v) is 13.7. The molecule has 1 aliphatic rings. The molecular weight excluding hydrogens is 515 g/mol. The van der Waals surface area contributed by atoms with E-state index in [1.54, 1.807) is 45.0 Å². The maximum atomic E-state index is 13.2. The number of nitrogens with zero attached hydrogens (tertiary/aromatic N) is 1. The molecule has 1 aromatic rings. The molecule has 1 heterocycles. The second-order valence-corrected chi connectivity index (χ2v) is 13.0. The number of carbonyl (C=O) groups is 2. The molecule has 37 heavy (non-hydrogen) atoms. The highest BCUT2D eigenvalue weighted by atomic mass is 32.2. The number of likely N-dealkylation sites (tertiary alicyclic amines) is 1. The zero-order valence-electron chi connectivity index (χ0n) is 21.9. The smallest absolute Gasteiger partial charge is 0.414 e. The van der Waals surface area contributed by atoms with Gasteiger partial charge in [-0.05, 0) is 50.8 Å². The zero-order chi connectivity index (χ0) is 28.3. The van der Waals surface area contributed by atoms with Gasteiger partial charge in [0.25, 0.3) is 0 Å². The van der Waals surface area contributed by atoms with Crippen molar-refractivity contribution in [2.45, 2.75) is 82.4 Å². The van der Waals surface area contributed by atoms with E-state index in [1.165, 1.54) is 21.0 Å². The zero-order valence-corrected chi connectivity index (χ0v) is 22.7. The molecule has 1 aromatic carbocycles. The molecule has 4 atom stereocenters. The van der Waals surface area contributed by atoms with Gasteiger partial charge in [0.15, 0.2) is 21.7 Å². The summed E-state index contributed by atoms with van der Waals surface area (Å²) >= 11 is 0. The van der Waals surface area contributed by atoms with Crippen LogP contribution in [0.15, 0.2) is 24.3 Å². The number of rotatable bonds is 9. The van der Waals surface area contributed by atoms with Crippen LogP contribution in [0.1, 0.15) is 53.0 Å². The third kappa shape index (κ3) is 8.33. The second kappa shape index (κ2) is 11.6. The topological polar surface area (TPSA) is 110 Å². The molecule has 8 nitrogen and oxygen atoms in total. The molecule has 1 fully saturated rings. The molecule has 0 aromatic heterocycles. The molecule has 1 N–H and O–H groups in total. The molecule has 2 rings (SSSR count). The minimum Gasteiger partial charge on any atom is -0.497 e. The van der Waals surface area contributed by atoms with Crippen LogP contribution in [0.4, 0.5) is 18.0 Å². The Hall–Kier alpha value is -2.34. The number of carbonyl (C=O) groups excluding carboxylic acids is 2. The lowest BCUT2D eigenvalue weighted by molar-refractivity contribution is -0.224. The number of ether oxygens (including phenoxy) is 2. The first kappa shape index (κ1) is 30.9. The minimum atomic E-state index is -4.93. The molecular formula is C25H36F3NO7S. The Balaban J connectivity index is 2.32. The average molecular weight is 552 g/mol. The number of amides is 1. The Morgan fingerprint density at radius 2 is 1.70 bits per heavy atom. The highest BCUT2D eigenvalue weighted by molar-refractivity contribution is 7.91. The molecule has 1 amide bonds. The second-order valence-electron chi connectivity index (χ2n) is 10.7. The van der Waals surface area contributed by atoms with Crippen LogP contribution in [0.25, 0.3) is 0 Å². The molecule has 0 saturated carbocycles. The normalized spacial score (nSPS) is 20.6. The van der Waals surface area contributed by atoms with Gasteiger partial charge in [0.1, 0.15) is 11.4 Å². The van der Waals surface area contributed by atoms with E-state index in [1.807, 2.05) is 0 Å². The molecule has 210 valence electrons. The van der Waals surface area contributed by atoms with E-state index in [0.717, 1.165) is 4.90 Å². The quantitative estimate of drug-likeness (QED) is 0.491. The number of halogens is 3. The third-order valence-corrected chi connectivity index (χ3v) is 8.42. The van der Waals surface area contributed by atoms with Crippen LogP contribution in [0.5, 0.6) is 5.75 Å². The number of alkyl halides is 3. The first-order chi connectivity index (χ1) is 16.9. The Kier molecular flexibility index (Phi) is 9.67. The van der Waals surface area contributed by atoms with Crippen molar-refractivity contribution in [2.24, 2.45) is 11.8 Å². The molecule has 0 radical (unpaired) electrons. The lowest BCUT2D eigenvalue weighted by Gasteiger charge is -2.31. The summed E-state index contributed by atoms with van der Waals surface area (Å²) in [5.41, 5.74) is -0.468. The summed E-state index contributed by atoms with van der Waals surface area (Å²) in [6, 6.07) is 5.09. The summed E-state index contributed by atoms with van der Waals surface area (Å²) in [7, 11) is -2.39. The van der Waals surface area contributed by atoms with Crippen LogP contribution < -0.4 is 4.74 Å². The van der Waals surface area contributed by atoms with E-state index < -0.39 is 69.1 Å². The van der Waals surface area contributed by atoms with Crippen molar-refractivity contribution in [2.75, 3.05) is 13.7 Å². The molecule has 1 aliphatic heterocycles. The van der Waals surface area contributed by atoms with Gasteiger partial charge in [-0.3, -0.25) is 9.69 Å². The van der Waals surface area contributed by atoms with Crippen molar-refractivity contribution in [3.05, 3.63) is 29.8 Å². The number of aliphatic hydroxyl groups is 1. The van der Waals surface area contributed by atoms with E-state index >= 15 is 0 Å². The lowest BCUT2D eigenvalue weighted by atomic mass is 9.84. The number of Topliss-reactive ketones (excluding diaryl/α,β-unsaturated/α-hetero) is 1. The summed E-state index contributed by atoms with van der Waals surface area (Å²) in [6.07, 6.45) is -9.54. The standard InChI is InChI=1S/C25H36F3NO7S/c1-15(2)19(22(31)25(26,27)28)12-21(30)20-11-18(13-29(20)23(32)36-24(3,4)5)37(33,34)14-16-7-9-17(35-6)10-8-16/h7-10,15,18-20,22,31H,11-14H2,1-6H3/t18-,19+,20+,22+/m1/s1. The highest BCUT2D eigenvalue weighted by Crippen LogP contribution is 2.35. The maximum absolute atomic E-state index is 13.2. The van der Waals surface area contributed by atoms with Crippen LogP contribution in [0.3, 0.4) is 0 Å².